The van der Waals surface area contributed by atoms with Crippen LogP contribution in [-0.2, 0) is 10.1 Å². The molecule has 2 aromatic rings. The molecule has 1 heterocycles. The average Bonchev–Trinajstić information content (AvgIpc) is 2.47. The first-order chi connectivity index (χ1) is 10.4. The number of rotatable bonds is 3. The number of hydrogen-bond donors (Lipinski definition) is 1. The molecule has 0 amide bonds. The molecule has 7 heteroatoms. The molecule has 2 aromatic carbocycles. The Bertz CT molecular complexity index is 823. The van der Waals surface area contributed by atoms with Gasteiger partial charge in [-0.25, -0.2) is 0 Å². The van der Waals surface area contributed by atoms with Crippen molar-refractivity contribution in [3.8, 4) is 0 Å². The van der Waals surface area contributed by atoms with E-state index < -0.39 is 15.5 Å². The molecule has 0 aromatic heterocycles. The van der Waals surface area contributed by atoms with Crippen LogP contribution in [0.2, 0.25) is 0 Å². The molecule has 0 spiro atoms. The maximum absolute atomic E-state index is 11.9. The van der Waals surface area contributed by atoms with Gasteiger partial charge in [0.05, 0.1) is 16.3 Å². The lowest BCUT2D eigenvalue weighted by Gasteiger charge is -2.37. The first-order valence-electron chi connectivity index (χ1n) is 6.74. The van der Waals surface area contributed by atoms with Gasteiger partial charge in [0.25, 0.3) is 10.1 Å². The minimum Gasteiger partial charge on any atom is -0.320 e. The lowest BCUT2D eigenvalue weighted by molar-refractivity contribution is 0.464. The molecule has 4 nitrogen and oxygen atoms in total. The van der Waals surface area contributed by atoms with Gasteiger partial charge in [-0.15, -0.1) is 0 Å². The normalized spacial score (nSPS) is 15.1. The molecular weight excluding hydrogens is 386 g/mol. The number of benzene rings is 2. The van der Waals surface area contributed by atoms with Crippen molar-refractivity contribution in [3.63, 3.8) is 0 Å². The number of halogens is 1. The zero-order valence-corrected chi connectivity index (χ0v) is 15.0. The second kappa shape index (κ2) is 5.88. The average molecular weight is 400 g/mol. The summed E-state index contributed by atoms with van der Waals surface area (Å²) < 4.78 is 34.3. The van der Waals surface area contributed by atoms with Gasteiger partial charge >= 0.3 is 0 Å². The van der Waals surface area contributed by atoms with Gasteiger partial charge in [-0.3, -0.25) is 4.55 Å². The van der Waals surface area contributed by atoms with Crippen LogP contribution >= 0.6 is 27.7 Å². The van der Waals surface area contributed by atoms with Crippen molar-refractivity contribution in [1.82, 2.24) is 0 Å². The van der Waals surface area contributed by atoms with Gasteiger partial charge in [0.1, 0.15) is 0 Å². The summed E-state index contributed by atoms with van der Waals surface area (Å²) in [6.07, 6.45) is 0.282. The highest BCUT2D eigenvalue weighted by molar-refractivity contribution is 9.10. The standard InChI is InChI=1S/C15H14BrNO3S2/c1-2-14(22(18,19)20)17-11-7-3-4-9-13(11)21-15-10(16)6-5-8-12(15)17/h3-9,14H,2H2,1H3,(H,18,19,20). The quantitative estimate of drug-likeness (QED) is 0.759. The second-order valence-electron chi connectivity index (χ2n) is 4.91. The Kier molecular flexibility index (Phi) is 4.24. The van der Waals surface area contributed by atoms with Gasteiger partial charge in [-0.1, -0.05) is 36.9 Å². The largest absolute Gasteiger partial charge is 0.320 e. The highest BCUT2D eigenvalue weighted by atomic mass is 79.9. The van der Waals surface area contributed by atoms with Gasteiger partial charge in [-0.05, 0) is 46.6 Å². The molecule has 3 rings (SSSR count). The fourth-order valence-electron chi connectivity index (χ4n) is 2.61. The van der Waals surface area contributed by atoms with E-state index in [1.807, 2.05) is 42.5 Å². The Hall–Kier alpha value is -1.02. The predicted octanol–water partition coefficient (Wildman–Crippen LogP) is 4.68. The van der Waals surface area contributed by atoms with Crippen molar-refractivity contribution in [2.45, 2.75) is 28.5 Å². The third-order valence-electron chi connectivity index (χ3n) is 3.52. The van der Waals surface area contributed by atoms with Crippen molar-refractivity contribution in [2.75, 3.05) is 4.90 Å². The Labute approximate surface area is 142 Å². The molecule has 0 saturated heterocycles. The van der Waals surface area contributed by atoms with Crippen molar-refractivity contribution < 1.29 is 13.0 Å². The van der Waals surface area contributed by atoms with Crippen LogP contribution in [0.4, 0.5) is 11.4 Å². The molecule has 1 unspecified atom stereocenters. The maximum Gasteiger partial charge on any atom is 0.286 e. The van der Waals surface area contributed by atoms with Crippen LogP contribution in [-0.4, -0.2) is 18.3 Å². The summed E-state index contributed by atoms with van der Waals surface area (Å²) in [7, 11) is -4.21. The van der Waals surface area contributed by atoms with Crippen molar-refractivity contribution in [1.29, 1.82) is 0 Å². The minimum absolute atomic E-state index is 0.282. The summed E-state index contributed by atoms with van der Waals surface area (Å²) >= 11 is 5.11. The van der Waals surface area contributed by atoms with Gasteiger partial charge < -0.3 is 4.90 Å². The summed E-state index contributed by atoms with van der Waals surface area (Å²) in [5.74, 6) is 0. The van der Waals surface area contributed by atoms with Gasteiger partial charge in [-0.2, -0.15) is 8.42 Å². The number of nitrogens with zero attached hydrogens (tertiary/aromatic N) is 1. The van der Waals surface area contributed by atoms with Crippen LogP contribution in [0, 0.1) is 0 Å². The molecule has 1 aliphatic heterocycles. The van der Waals surface area contributed by atoms with Crippen LogP contribution in [0.1, 0.15) is 13.3 Å². The van der Waals surface area contributed by atoms with E-state index in [-0.39, 0.29) is 6.42 Å². The zero-order chi connectivity index (χ0) is 15.9. The highest BCUT2D eigenvalue weighted by Gasteiger charge is 2.35. The van der Waals surface area contributed by atoms with Gasteiger partial charge in [0, 0.05) is 9.37 Å². The number of para-hydroxylation sites is 1. The van der Waals surface area contributed by atoms with E-state index in [1.54, 1.807) is 23.6 Å². The number of anilines is 2. The molecular formula is C15H14BrNO3S2. The molecule has 0 saturated carbocycles. The molecule has 116 valence electrons. The summed E-state index contributed by atoms with van der Waals surface area (Å²) in [6, 6.07) is 13.3. The summed E-state index contributed by atoms with van der Waals surface area (Å²) in [4.78, 5) is 3.62. The second-order valence-corrected chi connectivity index (χ2v) is 8.39. The molecule has 1 atom stereocenters. The van der Waals surface area contributed by atoms with Crippen LogP contribution in [0.25, 0.3) is 0 Å². The summed E-state index contributed by atoms with van der Waals surface area (Å²) in [6.45, 7) is 1.75. The topological polar surface area (TPSA) is 57.6 Å². The van der Waals surface area contributed by atoms with Crippen LogP contribution in [0.5, 0.6) is 0 Å². The minimum atomic E-state index is -4.21. The Morgan fingerprint density at radius 3 is 2.55 bits per heavy atom. The van der Waals surface area contributed by atoms with Crippen molar-refractivity contribution in [2.24, 2.45) is 0 Å². The molecule has 0 fully saturated rings. The fraction of sp³-hybridized carbons (Fsp3) is 0.200. The van der Waals surface area contributed by atoms with Crippen LogP contribution < -0.4 is 4.90 Å². The third kappa shape index (κ3) is 2.67. The van der Waals surface area contributed by atoms with Gasteiger partial charge in [0.2, 0.25) is 0 Å². The van der Waals surface area contributed by atoms with E-state index in [0.717, 1.165) is 25.6 Å². The first-order valence-corrected chi connectivity index (χ1v) is 9.85. The van der Waals surface area contributed by atoms with E-state index in [4.69, 9.17) is 0 Å². The summed E-state index contributed by atoms with van der Waals surface area (Å²) in [5.41, 5.74) is 1.57. The molecule has 22 heavy (non-hydrogen) atoms. The molecule has 1 aliphatic rings. The van der Waals surface area contributed by atoms with Crippen LogP contribution in [0.15, 0.2) is 56.7 Å². The zero-order valence-electron chi connectivity index (χ0n) is 11.7. The third-order valence-corrected chi connectivity index (χ3v) is 6.88. The van der Waals surface area contributed by atoms with Crippen LogP contribution in [0.3, 0.4) is 0 Å². The van der Waals surface area contributed by atoms with E-state index in [1.165, 1.54) is 0 Å². The number of fused-ring (bicyclic) bond motifs is 2. The molecule has 0 bridgehead atoms. The maximum atomic E-state index is 11.9. The molecule has 1 N–H and O–H groups in total. The lowest BCUT2D eigenvalue weighted by Crippen LogP contribution is -2.38. The summed E-state index contributed by atoms with van der Waals surface area (Å²) in [5, 5.41) is -1.01. The molecule has 0 aliphatic carbocycles. The van der Waals surface area contributed by atoms with E-state index >= 15 is 0 Å². The Morgan fingerprint density at radius 1 is 1.18 bits per heavy atom. The van der Waals surface area contributed by atoms with Crippen molar-refractivity contribution in [3.05, 3.63) is 46.9 Å². The van der Waals surface area contributed by atoms with E-state index in [9.17, 15) is 13.0 Å². The highest BCUT2D eigenvalue weighted by Crippen LogP contribution is 2.52. The Balaban J connectivity index is 2.27. The lowest BCUT2D eigenvalue weighted by atomic mass is 10.2. The first kappa shape index (κ1) is 15.9. The number of hydrogen-bond acceptors (Lipinski definition) is 4. The smallest absolute Gasteiger partial charge is 0.286 e. The van der Waals surface area contributed by atoms with E-state index in [0.29, 0.717) is 0 Å². The molecule has 0 radical (unpaired) electrons. The van der Waals surface area contributed by atoms with Gasteiger partial charge in [0.15, 0.2) is 5.37 Å². The SMILES string of the molecule is CCC(N1c2ccccc2Sc2c(Br)cccc21)S(=O)(=O)O. The fourth-order valence-corrected chi connectivity index (χ4v) is 5.19. The monoisotopic (exact) mass is 399 g/mol. The van der Waals surface area contributed by atoms with Crippen molar-refractivity contribution >= 4 is 49.2 Å². The Morgan fingerprint density at radius 2 is 1.86 bits per heavy atom. The predicted molar refractivity (Wildman–Crippen MR) is 92.5 cm³/mol. The van der Waals surface area contributed by atoms with E-state index in [2.05, 4.69) is 15.9 Å².